The van der Waals surface area contributed by atoms with E-state index < -0.39 is 23.4 Å². The second kappa shape index (κ2) is 13.7. The van der Waals surface area contributed by atoms with Crippen LogP contribution in [0, 0.1) is 17.5 Å². The minimum Gasteiger partial charge on any atom is -0.491 e. The van der Waals surface area contributed by atoms with Crippen LogP contribution in [0.2, 0.25) is 0 Å². The number of unbranched alkanes of at least 4 members (excludes halogenated alkanes) is 1. The maximum Gasteiger partial charge on any atom is 0.343 e. The molecule has 0 heterocycles. The maximum atomic E-state index is 15.1. The molecule has 0 unspecified atom stereocenters. The molecule has 208 valence electrons. The number of benzene rings is 3. The fraction of sp³-hybridized carbons (Fsp3) is 0.406. The molecule has 39 heavy (non-hydrogen) atoms. The van der Waals surface area contributed by atoms with Gasteiger partial charge >= 0.3 is 5.97 Å². The molecule has 1 saturated carbocycles. The lowest BCUT2D eigenvalue weighted by molar-refractivity contribution is 0.0248. The van der Waals surface area contributed by atoms with Gasteiger partial charge in [-0.2, -0.15) is 0 Å². The molecule has 1 fully saturated rings. The number of carbonyl (C=O) groups excluding carboxylic acids is 1. The Labute approximate surface area is 228 Å². The standard InChI is InChI=1S/C32H35F3O4/c1-3-5-19-38-29-17-10-23(20-28(29)33)32(36)39-25-13-8-22(9-14-25)27-16-15-26(30(34)31(27)35)21-6-11-24(12-7-21)37-18-4-2/h8-10,13-17,20-21,24H,3-7,11-12,18-19H2,1-2H3. The zero-order chi connectivity index (χ0) is 27.8. The minimum atomic E-state index is -0.890. The normalized spacial score (nSPS) is 17.2. The van der Waals surface area contributed by atoms with Crippen LogP contribution in [-0.2, 0) is 4.74 Å². The van der Waals surface area contributed by atoms with Gasteiger partial charge in [0, 0.05) is 12.2 Å². The Kier molecular flexibility index (Phi) is 10.0. The lowest BCUT2D eigenvalue weighted by atomic mass is 9.82. The van der Waals surface area contributed by atoms with Crippen LogP contribution in [0.15, 0.2) is 54.6 Å². The Morgan fingerprint density at radius 3 is 2.26 bits per heavy atom. The van der Waals surface area contributed by atoms with Crippen molar-refractivity contribution in [2.75, 3.05) is 13.2 Å². The molecule has 0 spiro atoms. The first-order chi connectivity index (χ1) is 18.9. The number of rotatable bonds is 11. The zero-order valence-corrected chi connectivity index (χ0v) is 22.5. The van der Waals surface area contributed by atoms with Crippen LogP contribution in [0.25, 0.3) is 11.1 Å². The van der Waals surface area contributed by atoms with Gasteiger partial charge in [0.1, 0.15) is 5.75 Å². The first-order valence-electron chi connectivity index (χ1n) is 13.8. The van der Waals surface area contributed by atoms with Gasteiger partial charge in [0.25, 0.3) is 0 Å². The minimum absolute atomic E-state index is 0.0291. The molecule has 0 atom stereocenters. The van der Waals surface area contributed by atoms with Crippen LogP contribution >= 0.6 is 0 Å². The SMILES string of the molecule is CCCCOc1ccc(C(=O)Oc2ccc(-c3ccc(C4CCC(OCCC)CC4)c(F)c3F)cc2)cc1F. The lowest BCUT2D eigenvalue weighted by Gasteiger charge is -2.29. The van der Waals surface area contributed by atoms with Crippen molar-refractivity contribution in [3.8, 4) is 22.6 Å². The first-order valence-corrected chi connectivity index (χ1v) is 13.8. The highest BCUT2D eigenvalue weighted by Gasteiger charge is 2.27. The van der Waals surface area contributed by atoms with E-state index in [-0.39, 0.29) is 34.6 Å². The summed E-state index contributed by atoms with van der Waals surface area (Å²) in [6.07, 6.45) is 6.11. The average molecular weight is 541 g/mol. The van der Waals surface area contributed by atoms with E-state index in [1.807, 2.05) is 6.92 Å². The average Bonchev–Trinajstić information content (AvgIpc) is 2.95. The van der Waals surface area contributed by atoms with E-state index in [4.69, 9.17) is 14.2 Å². The summed E-state index contributed by atoms with van der Waals surface area (Å²) in [5.74, 6) is -2.83. The third-order valence-electron chi connectivity index (χ3n) is 7.08. The number of halogens is 3. The summed E-state index contributed by atoms with van der Waals surface area (Å²) in [6, 6.07) is 13.3. The van der Waals surface area contributed by atoms with Gasteiger partial charge in [-0.1, -0.05) is 44.5 Å². The first kappa shape index (κ1) is 28.7. The summed E-state index contributed by atoms with van der Waals surface area (Å²) in [5, 5.41) is 0. The van der Waals surface area contributed by atoms with Crippen molar-refractivity contribution < 1.29 is 32.2 Å². The number of hydrogen-bond donors (Lipinski definition) is 0. The van der Waals surface area contributed by atoms with Crippen molar-refractivity contribution in [2.45, 2.75) is 70.8 Å². The number of carbonyl (C=O) groups is 1. The molecule has 7 heteroatoms. The Hall–Kier alpha value is -3.32. The molecule has 1 aliphatic carbocycles. The fourth-order valence-electron chi connectivity index (χ4n) is 4.87. The molecule has 4 rings (SSSR count). The van der Waals surface area contributed by atoms with Gasteiger partial charge in [-0.25, -0.2) is 18.0 Å². The molecule has 0 amide bonds. The maximum absolute atomic E-state index is 15.1. The second-order valence-corrected chi connectivity index (χ2v) is 9.94. The molecule has 0 radical (unpaired) electrons. The molecule has 4 nitrogen and oxygen atoms in total. The van der Waals surface area contributed by atoms with Crippen molar-refractivity contribution >= 4 is 5.97 Å². The predicted octanol–water partition coefficient (Wildman–Crippen LogP) is 8.62. The van der Waals surface area contributed by atoms with E-state index in [0.717, 1.165) is 57.6 Å². The van der Waals surface area contributed by atoms with E-state index in [2.05, 4.69) is 6.92 Å². The number of esters is 1. The molecule has 0 N–H and O–H groups in total. The predicted molar refractivity (Wildman–Crippen MR) is 145 cm³/mol. The Morgan fingerprint density at radius 2 is 1.59 bits per heavy atom. The molecular weight excluding hydrogens is 505 g/mol. The third kappa shape index (κ3) is 7.21. The van der Waals surface area contributed by atoms with Crippen LogP contribution in [0.1, 0.15) is 80.6 Å². The summed E-state index contributed by atoms with van der Waals surface area (Å²) >= 11 is 0. The van der Waals surface area contributed by atoms with Gasteiger partial charge in [-0.05, 0) is 85.9 Å². The topological polar surface area (TPSA) is 44.8 Å². The highest BCUT2D eigenvalue weighted by atomic mass is 19.2. The second-order valence-electron chi connectivity index (χ2n) is 9.94. The quantitative estimate of drug-likeness (QED) is 0.139. The molecule has 0 aromatic heterocycles. The van der Waals surface area contributed by atoms with Gasteiger partial charge < -0.3 is 14.2 Å². The van der Waals surface area contributed by atoms with Crippen molar-refractivity contribution in [3.63, 3.8) is 0 Å². The summed E-state index contributed by atoms with van der Waals surface area (Å²) in [5.41, 5.74) is 1.03. The van der Waals surface area contributed by atoms with Gasteiger partial charge in [-0.15, -0.1) is 0 Å². The molecule has 3 aromatic rings. The summed E-state index contributed by atoms with van der Waals surface area (Å²) in [4.78, 5) is 12.5. The van der Waals surface area contributed by atoms with Crippen LogP contribution in [0.5, 0.6) is 11.5 Å². The Morgan fingerprint density at radius 1 is 0.846 bits per heavy atom. The molecule has 0 bridgehead atoms. The van der Waals surface area contributed by atoms with E-state index in [9.17, 15) is 9.18 Å². The fourth-order valence-corrected chi connectivity index (χ4v) is 4.87. The smallest absolute Gasteiger partial charge is 0.343 e. The molecular formula is C32H35F3O4. The van der Waals surface area contributed by atoms with Crippen LogP contribution in [-0.4, -0.2) is 25.3 Å². The van der Waals surface area contributed by atoms with Crippen molar-refractivity contribution in [1.29, 1.82) is 0 Å². The third-order valence-corrected chi connectivity index (χ3v) is 7.08. The molecule has 0 saturated heterocycles. The largest absolute Gasteiger partial charge is 0.491 e. The monoisotopic (exact) mass is 540 g/mol. The van der Waals surface area contributed by atoms with Gasteiger partial charge in [0.2, 0.25) is 0 Å². The zero-order valence-electron chi connectivity index (χ0n) is 22.5. The van der Waals surface area contributed by atoms with E-state index >= 15 is 8.78 Å². The highest BCUT2D eigenvalue weighted by molar-refractivity contribution is 5.91. The van der Waals surface area contributed by atoms with E-state index in [1.165, 1.54) is 24.3 Å². The molecule has 3 aromatic carbocycles. The molecule has 1 aliphatic rings. The van der Waals surface area contributed by atoms with E-state index in [1.54, 1.807) is 24.3 Å². The Balaban J connectivity index is 1.39. The van der Waals surface area contributed by atoms with Crippen LogP contribution in [0.3, 0.4) is 0 Å². The van der Waals surface area contributed by atoms with Crippen molar-refractivity contribution in [2.24, 2.45) is 0 Å². The van der Waals surface area contributed by atoms with Gasteiger partial charge in [-0.3, -0.25) is 0 Å². The van der Waals surface area contributed by atoms with Gasteiger partial charge in [0.15, 0.2) is 23.2 Å². The van der Waals surface area contributed by atoms with Crippen molar-refractivity contribution in [1.82, 2.24) is 0 Å². The molecule has 0 aliphatic heterocycles. The van der Waals surface area contributed by atoms with Crippen molar-refractivity contribution in [3.05, 3.63) is 83.2 Å². The van der Waals surface area contributed by atoms with Crippen LogP contribution < -0.4 is 9.47 Å². The van der Waals surface area contributed by atoms with E-state index in [0.29, 0.717) is 17.7 Å². The van der Waals surface area contributed by atoms with Crippen LogP contribution in [0.4, 0.5) is 13.2 Å². The lowest BCUT2D eigenvalue weighted by Crippen LogP contribution is -2.21. The summed E-state index contributed by atoms with van der Waals surface area (Å²) < 4.78 is 61.0. The summed E-state index contributed by atoms with van der Waals surface area (Å²) in [7, 11) is 0. The van der Waals surface area contributed by atoms with Gasteiger partial charge in [0.05, 0.1) is 18.3 Å². The number of hydrogen-bond acceptors (Lipinski definition) is 4. The number of ether oxygens (including phenoxy) is 3. The Bertz CT molecular complexity index is 1250. The summed E-state index contributed by atoms with van der Waals surface area (Å²) in [6.45, 7) is 5.20. The highest BCUT2D eigenvalue weighted by Crippen LogP contribution is 2.38.